The molecule has 92 valence electrons. The molecule has 0 saturated carbocycles. The maximum atomic E-state index is 11.7. The Kier molecular flexibility index (Phi) is 4.40. The molecular weight excluding hydrogens is 236 g/mol. The van der Waals surface area contributed by atoms with Crippen LogP contribution in [-0.2, 0) is 11.2 Å². The first-order valence-corrected chi connectivity index (χ1v) is 6.36. The molecule has 1 saturated heterocycles. The van der Waals surface area contributed by atoms with Gasteiger partial charge in [-0.3, -0.25) is 4.79 Å². The quantitative estimate of drug-likeness (QED) is 0.888. The Hall–Kier alpha value is -1.06. The number of nitrogens with one attached hydrogen (secondary N) is 1. The van der Waals surface area contributed by atoms with Crippen LogP contribution in [0.15, 0.2) is 24.3 Å². The fraction of sp³-hybridized carbons (Fsp3) is 0.462. The minimum atomic E-state index is 0.205. The van der Waals surface area contributed by atoms with Crippen molar-refractivity contribution in [2.75, 3.05) is 26.2 Å². The maximum Gasteiger partial charge on any atom is 0.236 e. The third-order valence-electron chi connectivity index (χ3n) is 2.99. The summed E-state index contributed by atoms with van der Waals surface area (Å²) in [6, 6.07) is 7.82. The molecule has 1 aliphatic heterocycles. The summed E-state index contributed by atoms with van der Waals surface area (Å²) in [5.41, 5.74) is 1.22. The zero-order chi connectivity index (χ0) is 12.1. The summed E-state index contributed by atoms with van der Waals surface area (Å²) in [5, 5.41) is 3.88. The summed E-state index contributed by atoms with van der Waals surface area (Å²) >= 11 is 5.83. The Morgan fingerprint density at radius 3 is 2.82 bits per heavy atom. The molecule has 1 aromatic rings. The molecule has 1 fully saturated rings. The summed E-state index contributed by atoms with van der Waals surface area (Å²) < 4.78 is 0. The first kappa shape index (κ1) is 12.4. The first-order valence-electron chi connectivity index (χ1n) is 5.98. The third kappa shape index (κ3) is 3.72. The molecule has 0 aromatic heterocycles. The lowest BCUT2D eigenvalue weighted by Gasteiger charge is -2.20. The molecule has 0 atom stereocenters. The summed E-state index contributed by atoms with van der Waals surface area (Å²) in [4.78, 5) is 13.7. The highest BCUT2D eigenvalue weighted by molar-refractivity contribution is 6.30. The molecule has 0 aliphatic carbocycles. The summed E-state index contributed by atoms with van der Waals surface area (Å²) in [6.07, 6.45) is 1.93. The van der Waals surface area contributed by atoms with Crippen LogP contribution in [0.5, 0.6) is 0 Å². The van der Waals surface area contributed by atoms with Gasteiger partial charge in [0.2, 0.25) is 5.91 Å². The van der Waals surface area contributed by atoms with Gasteiger partial charge in [-0.1, -0.05) is 23.7 Å². The van der Waals surface area contributed by atoms with E-state index in [9.17, 15) is 4.79 Å². The summed E-state index contributed by atoms with van der Waals surface area (Å²) in [6.45, 7) is 3.06. The molecule has 4 heteroatoms. The van der Waals surface area contributed by atoms with Crippen LogP contribution in [0.2, 0.25) is 5.02 Å². The minimum Gasteiger partial charge on any atom is -0.341 e. The Labute approximate surface area is 107 Å². The molecule has 1 aromatic carbocycles. The number of halogens is 1. The zero-order valence-corrected chi connectivity index (χ0v) is 10.5. The van der Waals surface area contributed by atoms with E-state index in [4.69, 9.17) is 11.6 Å². The van der Waals surface area contributed by atoms with Gasteiger partial charge in [0, 0.05) is 18.1 Å². The molecular formula is C13H17ClN2O. The standard InChI is InChI=1S/C13H17ClN2O/c14-12-4-2-11(3-5-12)6-9-16-8-1-7-15-10-13(16)17/h2-5,15H,1,6-10H2. The van der Waals surface area contributed by atoms with E-state index >= 15 is 0 Å². The molecule has 0 spiro atoms. The highest BCUT2D eigenvalue weighted by atomic mass is 35.5. The lowest BCUT2D eigenvalue weighted by Crippen LogP contribution is -2.36. The van der Waals surface area contributed by atoms with Crippen LogP contribution < -0.4 is 5.32 Å². The van der Waals surface area contributed by atoms with E-state index in [0.29, 0.717) is 6.54 Å². The molecule has 1 N–H and O–H groups in total. The maximum absolute atomic E-state index is 11.7. The number of carbonyl (C=O) groups is 1. The van der Waals surface area contributed by atoms with Crippen LogP contribution in [0.4, 0.5) is 0 Å². The monoisotopic (exact) mass is 252 g/mol. The van der Waals surface area contributed by atoms with Gasteiger partial charge in [0.1, 0.15) is 0 Å². The van der Waals surface area contributed by atoms with Crippen molar-refractivity contribution in [2.24, 2.45) is 0 Å². The van der Waals surface area contributed by atoms with Crippen LogP contribution in [0.1, 0.15) is 12.0 Å². The number of carbonyl (C=O) groups excluding carboxylic acids is 1. The Morgan fingerprint density at radius 1 is 1.29 bits per heavy atom. The number of nitrogens with zero attached hydrogens (tertiary/aromatic N) is 1. The molecule has 2 rings (SSSR count). The van der Waals surface area contributed by atoms with Crippen molar-refractivity contribution in [3.8, 4) is 0 Å². The van der Waals surface area contributed by atoms with Crippen molar-refractivity contribution in [2.45, 2.75) is 12.8 Å². The average Bonchev–Trinajstić information content (AvgIpc) is 2.54. The van der Waals surface area contributed by atoms with Crippen molar-refractivity contribution in [3.63, 3.8) is 0 Å². The van der Waals surface area contributed by atoms with Gasteiger partial charge in [0.05, 0.1) is 6.54 Å². The van der Waals surface area contributed by atoms with E-state index in [1.807, 2.05) is 29.2 Å². The predicted molar refractivity (Wildman–Crippen MR) is 69.2 cm³/mol. The van der Waals surface area contributed by atoms with Crippen molar-refractivity contribution < 1.29 is 4.79 Å². The van der Waals surface area contributed by atoms with Gasteiger partial charge in [-0.05, 0) is 37.1 Å². The van der Waals surface area contributed by atoms with E-state index in [1.165, 1.54) is 5.56 Å². The second kappa shape index (κ2) is 6.03. The van der Waals surface area contributed by atoms with Crippen molar-refractivity contribution in [3.05, 3.63) is 34.9 Å². The van der Waals surface area contributed by atoms with Gasteiger partial charge in [0.25, 0.3) is 0 Å². The summed E-state index contributed by atoms with van der Waals surface area (Å²) in [5.74, 6) is 0.205. The summed E-state index contributed by atoms with van der Waals surface area (Å²) in [7, 11) is 0. The van der Waals surface area contributed by atoms with Gasteiger partial charge in [-0.15, -0.1) is 0 Å². The topological polar surface area (TPSA) is 32.3 Å². The molecule has 0 bridgehead atoms. The Bertz CT molecular complexity index is 378. The highest BCUT2D eigenvalue weighted by Crippen LogP contribution is 2.10. The van der Waals surface area contributed by atoms with Gasteiger partial charge < -0.3 is 10.2 Å². The Morgan fingerprint density at radius 2 is 2.06 bits per heavy atom. The van der Waals surface area contributed by atoms with Crippen molar-refractivity contribution in [1.29, 1.82) is 0 Å². The smallest absolute Gasteiger partial charge is 0.236 e. The molecule has 1 heterocycles. The molecule has 1 amide bonds. The van der Waals surface area contributed by atoms with Crippen LogP contribution in [0, 0.1) is 0 Å². The SMILES string of the molecule is O=C1CNCCCN1CCc1ccc(Cl)cc1. The predicted octanol–water partition coefficient (Wildman–Crippen LogP) is 1.70. The first-order chi connectivity index (χ1) is 8.25. The molecule has 0 radical (unpaired) electrons. The fourth-order valence-corrected chi connectivity index (χ4v) is 2.10. The molecule has 3 nitrogen and oxygen atoms in total. The lowest BCUT2D eigenvalue weighted by atomic mass is 10.1. The zero-order valence-electron chi connectivity index (χ0n) is 9.79. The van der Waals surface area contributed by atoms with Crippen LogP contribution in [0.25, 0.3) is 0 Å². The van der Waals surface area contributed by atoms with E-state index < -0.39 is 0 Å². The average molecular weight is 253 g/mol. The largest absolute Gasteiger partial charge is 0.341 e. The number of rotatable bonds is 3. The molecule has 1 aliphatic rings. The second-order valence-electron chi connectivity index (χ2n) is 4.29. The fourth-order valence-electron chi connectivity index (χ4n) is 1.98. The van der Waals surface area contributed by atoms with Gasteiger partial charge >= 0.3 is 0 Å². The van der Waals surface area contributed by atoms with Gasteiger partial charge in [-0.2, -0.15) is 0 Å². The second-order valence-corrected chi connectivity index (χ2v) is 4.72. The normalized spacial score (nSPS) is 17.0. The van der Waals surface area contributed by atoms with Gasteiger partial charge in [0.15, 0.2) is 0 Å². The van der Waals surface area contributed by atoms with Crippen molar-refractivity contribution >= 4 is 17.5 Å². The number of benzene rings is 1. The van der Waals surface area contributed by atoms with Crippen LogP contribution in [-0.4, -0.2) is 37.0 Å². The third-order valence-corrected chi connectivity index (χ3v) is 3.25. The number of hydrogen-bond acceptors (Lipinski definition) is 2. The van der Waals surface area contributed by atoms with E-state index in [2.05, 4.69) is 5.32 Å². The van der Waals surface area contributed by atoms with Crippen LogP contribution in [0.3, 0.4) is 0 Å². The number of hydrogen-bond donors (Lipinski definition) is 1. The number of amides is 1. The highest BCUT2D eigenvalue weighted by Gasteiger charge is 2.15. The van der Waals surface area contributed by atoms with E-state index in [1.54, 1.807) is 0 Å². The van der Waals surface area contributed by atoms with E-state index in [-0.39, 0.29) is 5.91 Å². The lowest BCUT2D eigenvalue weighted by molar-refractivity contribution is -0.129. The van der Waals surface area contributed by atoms with Crippen LogP contribution >= 0.6 is 11.6 Å². The van der Waals surface area contributed by atoms with Crippen molar-refractivity contribution in [1.82, 2.24) is 10.2 Å². The van der Waals surface area contributed by atoms with Gasteiger partial charge in [-0.25, -0.2) is 0 Å². The van der Waals surface area contributed by atoms with E-state index in [0.717, 1.165) is 37.5 Å². The molecule has 17 heavy (non-hydrogen) atoms. The minimum absolute atomic E-state index is 0.205. The Balaban J connectivity index is 1.88. The molecule has 0 unspecified atom stereocenters.